The average Bonchev–Trinajstić information content (AvgIpc) is 3.05. The maximum Gasteiger partial charge on any atom is 0.266 e. The smallest absolute Gasteiger partial charge is 0.266 e. The average molecular weight is 372 g/mol. The summed E-state index contributed by atoms with van der Waals surface area (Å²) in [7, 11) is 1.77. The third kappa shape index (κ3) is 4.23. The molecule has 0 spiro atoms. The van der Waals surface area contributed by atoms with E-state index in [4.69, 9.17) is 16.3 Å². The van der Waals surface area contributed by atoms with Gasteiger partial charge in [-0.2, -0.15) is 10.4 Å². The fourth-order valence-electron chi connectivity index (χ4n) is 2.71. The van der Waals surface area contributed by atoms with Crippen LogP contribution in [0, 0.1) is 11.3 Å². The van der Waals surface area contributed by atoms with E-state index in [0.29, 0.717) is 29.5 Å². The topological polar surface area (TPSA) is 83.2 Å². The van der Waals surface area contributed by atoms with Crippen LogP contribution in [0.15, 0.2) is 36.2 Å². The molecule has 1 amide bonds. The van der Waals surface area contributed by atoms with Crippen LogP contribution < -0.4 is 10.2 Å². The number of hydrogen-bond acceptors (Lipinski definition) is 5. The van der Waals surface area contributed by atoms with Crippen LogP contribution in [0.2, 0.25) is 5.02 Å². The van der Waals surface area contributed by atoms with Gasteiger partial charge in [0.2, 0.25) is 0 Å². The lowest BCUT2D eigenvalue weighted by molar-refractivity contribution is -0.112. The first-order valence-electron chi connectivity index (χ1n) is 8.11. The Hall–Kier alpha value is -2.82. The Kier molecular flexibility index (Phi) is 5.56. The van der Waals surface area contributed by atoms with Crippen LogP contribution in [0.5, 0.6) is 0 Å². The Morgan fingerprint density at radius 1 is 1.42 bits per heavy atom. The summed E-state index contributed by atoms with van der Waals surface area (Å²) in [6.07, 6.45) is 4.81. The fraction of sp³-hybridized carbons (Fsp3) is 0.278. The first kappa shape index (κ1) is 18.0. The van der Waals surface area contributed by atoms with Gasteiger partial charge in [0.25, 0.3) is 5.91 Å². The molecule has 1 N–H and O–H groups in total. The highest BCUT2D eigenvalue weighted by Crippen LogP contribution is 2.30. The van der Waals surface area contributed by atoms with Crippen LogP contribution in [-0.2, 0) is 16.6 Å². The second kappa shape index (κ2) is 8.04. The standard InChI is InChI=1S/C18H18ClN5O2/c1-23-12-13(11-21-23)8-14(10-20)18(25)22-16-9-15(19)2-3-17(16)24-4-6-26-7-5-24/h2-3,8-9,11-12H,4-7H2,1H3,(H,22,25)/b14-8+. The molecule has 3 rings (SSSR count). The first-order chi connectivity index (χ1) is 12.6. The highest BCUT2D eigenvalue weighted by atomic mass is 35.5. The number of aromatic nitrogens is 2. The van der Waals surface area contributed by atoms with Gasteiger partial charge in [-0.15, -0.1) is 0 Å². The van der Waals surface area contributed by atoms with Crippen LogP contribution in [0.4, 0.5) is 11.4 Å². The molecule has 1 aliphatic heterocycles. The molecule has 7 nitrogen and oxygen atoms in total. The van der Waals surface area contributed by atoms with Gasteiger partial charge in [0, 0.05) is 36.9 Å². The largest absolute Gasteiger partial charge is 0.378 e. The van der Waals surface area contributed by atoms with Crippen LogP contribution in [0.25, 0.3) is 6.08 Å². The molecule has 1 aromatic heterocycles. The van der Waals surface area contributed by atoms with Gasteiger partial charge in [-0.3, -0.25) is 9.48 Å². The number of halogens is 1. The predicted molar refractivity (Wildman–Crippen MR) is 99.9 cm³/mol. The molecular formula is C18H18ClN5O2. The Morgan fingerprint density at radius 2 is 2.19 bits per heavy atom. The molecule has 26 heavy (non-hydrogen) atoms. The zero-order valence-corrected chi connectivity index (χ0v) is 15.0. The molecule has 0 bridgehead atoms. The lowest BCUT2D eigenvalue weighted by Gasteiger charge is -2.30. The van der Waals surface area contributed by atoms with E-state index in [9.17, 15) is 10.1 Å². The Balaban J connectivity index is 1.85. The van der Waals surface area contributed by atoms with E-state index in [-0.39, 0.29) is 5.57 Å². The maximum atomic E-state index is 12.6. The van der Waals surface area contributed by atoms with E-state index in [2.05, 4.69) is 15.3 Å². The number of amides is 1. The molecule has 0 radical (unpaired) electrons. The van der Waals surface area contributed by atoms with Crippen LogP contribution in [0.3, 0.4) is 0 Å². The highest BCUT2D eigenvalue weighted by molar-refractivity contribution is 6.31. The lowest BCUT2D eigenvalue weighted by Crippen LogP contribution is -2.36. The summed E-state index contributed by atoms with van der Waals surface area (Å²) in [6, 6.07) is 7.26. The van der Waals surface area contributed by atoms with Crippen molar-refractivity contribution >= 4 is 35.0 Å². The molecule has 1 saturated heterocycles. The normalized spacial score (nSPS) is 14.8. The van der Waals surface area contributed by atoms with Gasteiger partial charge < -0.3 is 15.0 Å². The van der Waals surface area contributed by atoms with Gasteiger partial charge >= 0.3 is 0 Å². The van der Waals surface area contributed by atoms with E-state index >= 15 is 0 Å². The number of morpholine rings is 1. The van der Waals surface area contributed by atoms with Crippen molar-refractivity contribution in [2.24, 2.45) is 7.05 Å². The second-order valence-corrected chi connectivity index (χ2v) is 6.27. The van der Waals surface area contributed by atoms with E-state index in [1.54, 1.807) is 36.3 Å². The Labute approximate surface area is 156 Å². The lowest BCUT2D eigenvalue weighted by atomic mass is 10.1. The fourth-order valence-corrected chi connectivity index (χ4v) is 2.88. The number of nitrogens with zero attached hydrogens (tertiary/aromatic N) is 4. The molecule has 0 saturated carbocycles. The minimum absolute atomic E-state index is 0.00842. The van der Waals surface area contributed by atoms with Crippen molar-refractivity contribution in [1.29, 1.82) is 5.26 Å². The number of benzene rings is 1. The zero-order chi connectivity index (χ0) is 18.5. The zero-order valence-electron chi connectivity index (χ0n) is 14.3. The minimum Gasteiger partial charge on any atom is -0.378 e. The molecule has 134 valence electrons. The summed E-state index contributed by atoms with van der Waals surface area (Å²) in [5.74, 6) is -0.492. The van der Waals surface area contributed by atoms with Gasteiger partial charge in [0.1, 0.15) is 11.6 Å². The van der Waals surface area contributed by atoms with Crippen molar-refractivity contribution in [2.75, 3.05) is 36.5 Å². The van der Waals surface area contributed by atoms with E-state index in [0.717, 1.165) is 18.8 Å². The van der Waals surface area contributed by atoms with Crippen molar-refractivity contribution in [2.45, 2.75) is 0 Å². The van der Waals surface area contributed by atoms with Gasteiger partial charge in [0.05, 0.1) is 30.8 Å². The van der Waals surface area contributed by atoms with Gasteiger partial charge in [-0.05, 0) is 24.3 Å². The monoisotopic (exact) mass is 371 g/mol. The molecule has 0 unspecified atom stereocenters. The SMILES string of the molecule is Cn1cc(/C=C(\C#N)C(=O)Nc2cc(Cl)ccc2N2CCOCC2)cn1. The molecule has 1 fully saturated rings. The molecule has 2 aromatic rings. The highest BCUT2D eigenvalue weighted by Gasteiger charge is 2.18. The Morgan fingerprint density at radius 3 is 2.85 bits per heavy atom. The summed E-state index contributed by atoms with van der Waals surface area (Å²) in [5, 5.41) is 16.7. The van der Waals surface area contributed by atoms with Crippen molar-refractivity contribution in [3.05, 3.63) is 46.8 Å². The molecule has 8 heteroatoms. The molecule has 1 aromatic carbocycles. The predicted octanol–water partition coefficient (Wildman–Crippen LogP) is 2.46. The number of ether oxygens (including phenoxy) is 1. The molecular weight excluding hydrogens is 354 g/mol. The van der Waals surface area contributed by atoms with Crippen molar-refractivity contribution in [1.82, 2.24) is 9.78 Å². The number of carbonyl (C=O) groups is 1. The van der Waals surface area contributed by atoms with E-state index in [1.807, 2.05) is 12.1 Å². The summed E-state index contributed by atoms with van der Waals surface area (Å²) in [6.45, 7) is 2.70. The maximum absolute atomic E-state index is 12.6. The van der Waals surface area contributed by atoms with E-state index < -0.39 is 5.91 Å². The van der Waals surface area contributed by atoms with Crippen molar-refractivity contribution in [3.8, 4) is 6.07 Å². The van der Waals surface area contributed by atoms with Crippen LogP contribution >= 0.6 is 11.6 Å². The summed E-state index contributed by atoms with van der Waals surface area (Å²) < 4.78 is 6.98. The number of nitrogens with one attached hydrogen (secondary N) is 1. The van der Waals surface area contributed by atoms with Crippen LogP contribution in [0.1, 0.15) is 5.56 Å². The minimum atomic E-state index is -0.492. The van der Waals surface area contributed by atoms with Crippen LogP contribution in [-0.4, -0.2) is 42.0 Å². The third-order valence-corrected chi connectivity index (χ3v) is 4.19. The first-order valence-corrected chi connectivity index (χ1v) is 8.48. The molecule has 0 aliphatic carbocycles. The van der Waals surface area contributed by atoms with Gasteiger partial charge in [-0.1, -0.05) is 11.6 Å². The summed E-state index contributed by atoms with van der Waals surface area (Å²) in [4.78, 5) is 14.7. The number of aryl methyl sites for hydroxylation is 1. The number of anilines is 2. The number of rotatable bonds is 4. The Bertz CT molecular complexity index is 878. The summed E-state index contributed by atoms with van der Waals surface area (Å²) >= 11 is 6.10. The quantitative estimate of drug-likeness (QED) is 0.659. The third-order valence-electron chi connectivity index (χ3n) is 3.96. The number of carbonyl (C=O) groups excluding carboxylic acids is 1. The number of nitriles is 1. The molecule has 2 heterocycles. The van der Waals surface area contributed by atoms with Crippen molar-refractivity contribution < 1.29 is 9.53 Å². The van der Waals surface area contributed by atoms with Gasteiger partial charge in [0.15, 0.2) is 0 Å². The molecule has 0 atom stereocenters. The summed E-state index contributed by atoms with van der Waals surface area (Å²) in [5.41, 5.74) is 2.09. The van der Waals surface area contributed by atoms with E-state index in [1.165, 1.54) is 6.08 Å². The number of hydrogen-bond donors (Lipinski definition) is 1. The second-order valence-electron chi connectivity index (χ2n) is 5.83. The molecule has 1 aliphatic rings. The van der Waals surface area contributed by atoms with Gasteiger partial charge in [-0.25, -0.2) is 0 Å². The van der Waals surface area contributed by atoms with Crippen molar-refractivity contribution in [3.63, 3.8) is 0 Å².